The van der Waals surface area contributed by atoms with Gasteiger partial charge in [0.2, 0.25) is 0 Å². The van der Waals surface area contributed by atoms with E-state index in [1.807, 2.05) is 6.07 Å². The Balaban J connectivity index is 2.56. The number of esters is 1. The Hall–Kier alpha value is -1.60. The van der Waals surface area contributed by atoms with Gasteiger partial charge >= 0.3 is 5.97 Å². The molecule has 1 rings (SSSR count). The zero-order valence-electron chi connectivity index (χ0n) is 11.5. The van der Waals surface area contributed by atoms with Crippen molar-refractivity contribution in [2.75, 3.05) is 12.4 Å². The molecule has 0 saturated heterocycles. The molecular weight excluding hydrogens is 280 g/mol. The number of hydrogen-bond donors (Lipinski definition) is 1. The number of nitrogens with zero attached hydrogens (tertiary/aromatic N) is 1. The van der Waals surface area contributed by atoms with Crippen LogP contribution < -0.4 is 5.73 Å². The second kappa shape index (κ2) is 7.86. The molecule has 2 N–H and O–H groups in total. The van der Waals surface area contributed by atoms with Gasteiger partial charge in [0.25, 0.3) is 5.69 Å². The van der Waals surface area contributed by atoms with Gasteiger partial charge in [-0.25, -0.2) is 0 Å². The maximum atomic E-state index is 11.3. The molecule has 0 saturated carbocycles. The number of rotatable bonds is 7. The molecule has 6 nitrogen and oxygen atoms in total. The van der Waals surface area contributed by atoms with E-state index in [1.54, 1.807) is 19.9 Å². The highest BCUT2D eigenvalue weighted by Gasteiger charge is 2.16. The van der Waals surface area contributed by atoms with Crippen molar-refractivity contribution < 1.29 is 14.5 Å². The van der Waals surface area contributed by atoms with E-state index >= 15 is 0 Å². The van der Waals surface area contributed by atoms with E-state index in [0.717, 1.165) is 5.56 Å². The Morgan fingerprint density at radius 1 is 1.55 bits per heavy atom. The first kappa shape index (κ1) is 16.5. The van der Waals surface area contributed by atoms with Gasteiger partial charge in [-0.3, -0.25) is 14.9 Å². The summed E-state index contributed by atoms with van der Waals surface area (Å²) in [6.07, 6.45) is 0. The molecule has 0 bridgehead atoms. The van der Waals surface area contributed by atoms with Gasteiger partial charge in [-0.15, -0.1) is 0 Å². The summed E-state index contributed by atoms with van der Waals surface area (Å²) in [7, 11) is 0. The molecule has 0 spiro atoms. The van der Waals surface area contributed by atoms with Crippen LogP contribution in [-0.2, 0) is 15.3 Å². The predicted octanol–water partition coefficient (Wildman–Crippen LogP) is 2.03. The molecule has 0 fully saturated rings. The van der Waals surface area contributed by atoms with Crippen LogP contribution in [0.25, 0.3) is 0 Å². The number of carbonyl (C=O) groups excluding carboxylic acids is 1. The largest absolute Gasteiger partial charge is 0.465 e. The topological polar surface area (TPSA) is 95.5 Å². The summed E-state index contributed by atoms with van der Waals surface area (Å²) in [6, 6.07) is 4.31. The number of benzene rings is 1. The van der Waals surface area contributed by atoms with Crippen LogP contribution in [0.4, 0.5) is 5.69 Å². The van der Waals surface area contributed by atoms with Gasteiger partial charge in [-0.1, -0.05) is 12.1 Å². The number of hydrogen-bond acceptors (Lipinski definition) is 6. The molecule has 0 aromatic heterocycles. The van der Waals surface area contributed by atoms with E-state index in [0.29, 0.717) is 23.7 Å². The molecule has 110 valence electrons. The molecule has 0 amide bonds. The molecule has 0 heterocycles. The second-order valence-corrected chi connectivity index (χ2v) is 5.22. The molecule has 7 heteroatoms. The molecule has 0 aliphatic rings. The average Bonchev–Trinajstić information content (AvgIpc) is 2.40. The lowest BCUT2D eigenvalue weighted by Gasteiger charge is -2.11. The minimum absolute atomic E-state index is 0.109. The zero-order valence-corrected chi connectivity index (χ0v) is 12.3. The summed E-state index contributed by atoms with van der Waals surface area (Å²) in [4.78, 5) is 21.8. The summed E-state index contributed by atoms with van der Waals surface area (Å²) in [5.74, 6) is 0.567. The van der Waals surface area contributed by atoms with Crippen LogP contribution >= 0.6 is 11.8 Å². The first-order valence-electron chi connectivity index (χ1n) is 6.20. The van der Waals surface area contributed by atoms with Crippen molar-refractivity contribution in [2.24, 2.45) is 5.73 Å². The lowest BCUT2D eigenvalue weighted by molar-refractivity contribution is -0.385. The normalized spacial score (nSPS) is 11.9. The average molecular weight is 298 g/mol. The van der Waals surface area contributed by atoms with Crippen LogP contribution in [0.3, 0.4) is 0 Å². The minimum atomic E-state index is -0.668. The fourth-order valence-electron chi connectivity index (χ4n) is 1.64. The lowest BCUT2D eigenvalue weighted by Crippen LogP contribution is -2.34. The second-order valence-electron chi connectivity index (χ2n) is 4.19. The van der Waals surface area contributed by atoms with E-state index < -0.39 is 16.9 Å². The SMILES string of the molecule is CCOC(=O)C(N)CSCc1cccc([N+](=O)[O-])c1C. The standard InChI is InChI=1S/C13H18N2O4S/c1-3-19-13(16)11(14)8-20-7-10-5-4-6-12(9(10)2)15(17)18/h4-6,11H,3,7-8,14H2,1-2H3. The Morgan fingerprint density at radius 2 is 2.25 bits per heavy atom. The zero-order chi connectivity index (χ0) is 15.1. The predicted molar refractivity (Wildman–Crippen MR) is 78.6 cm³/mol. The summed E-state index contributed by atoms with van der Waals surface area (Å²) in [6.45, 7) is 3.75. The number of carbonyl (C=O) groups is 1. The van der Waals surface area contributed by atoms with Crippen LogP contribution in [0, 0.1) is 17.0 Å². The highest BCUT2D eigenvalue weighted by molar-refractivity contribution is 7.98. The summed E-state index contributed by atoms with van der Waals surface area (Å²) in [5.41, 5.74) is 7.31. The van der Waals surface area contributed by atoms with Crippen LogP contribution in [0.5, 0.6) is 0 Å². The Morgan fingerprint density at radius 3 is 2.85 bits per heavy atom. The summed E-state index contributed by atoms with van der Waals surface area (Å²) < 4.78 is 4.81. The number of thioether (sulfide) groups is 1. The van der Waals surface area contributed by atoms with Gasteiger partial charge in [0.15, 0.2) is 0 Å². The Labute approximate surface area is 121 Å². The van der Waals surface area contributed by atoms with E-state index in [2.05, 4.69) is 0 Å². The van der Waals surface area contributed by atoms with Gasteiger partial charge in [-0.05, 0) is 19.4 Å². The molecule has 1 aromatic carbocycles. The van der Waals surface area contributed by atoms with E-state index in [4.69, 9.17) is 10.5 Å². The first-order valence-corrected chi connectivity index (χ1v) is 7.35. The fraction of sp³-hybridized carbons (Fsp3) is 0.462. The molecule has 0 radical (unpaired) electrons. The molecule has 1 atom stereocenters. The van der Waals surface area contributed by atoms with E-state index in [1.165, 1.54) is 17.8 Å². The van der Waals surface area contributed by atoms with E-state index in [-0.39, 0.29) is 5.69 Å². The minimum Gasteiger partial charge on any atom is -0.465 e. The monoisotopic (exact) mass is 298 g/mol. The molecule has 0 aliphatic carbocycles. The first-order chi connectivity index (χ1) is 9.47. The van der Waals surface area contributed by atoms with Crippen LogP contribution in [0.2, 0.25) is 0 Å². The Kier molecular flexibility index (Phi) is 6.47. The van der Waals surface area contributed by atoms with Crippen molar-refractivity contribution in [1.82, 2.24) is 0 Å². The van der Waals surface area contributed by atoms with Crippen LogP contribution in [0.1, 0.15) is 18.1 Å². The van der Waals surface area contributed by atoms with Crippen LogP contribution in [0.15, 0.2) is 18.2 Å². The lowest BCUT2D eigenvalue weighted by atomic mass is 10.1. The number of ether oxygens (including phenoxy) is 1. The van der Waals surface area contributed by atoms with Gasteiger partial charge in [-0.2, -0.15) is 11.8 Å². The van der Waals surface area contributed by atoms with Crippen molar-refractivity contribution in [2.45, 2.75) is 25.6 Å². The van der Waals surface area contributed by atoms with Gasteiger partial charge in [0, 0.05) is 23.1 Å². The van der Waals surface area contributed by atoms with Crippen LogP contribution in [-0.4, -0.2) is 29.3 Å². The maximum Gasteiger partial charge on any atom is 0.323 e. The van der Waals surface area contributed by atoms with Gasteiger partial charge in [0.1, 0.15) is 6.04 Å². The van der Waals surface area contributed by atoms with Crippen molar-refractivity contribution >= 4 is 23.4 Å². The maximum absolute atomic E-state index is 11.3. The summed E-state index contributed by atoms with van der Waals surface area (Å²) >= 11 is 1.45. The summed E-state index contributed by atoms with van der Waals surface area (Å²) in [5, 5.41) is 10.8. The van der Waals surface area contributed by atoms with Crippen molar-refractivity contribution in [1.29, 1.82) is 0 Å². The third-order valence-corrected chi connectivity index (χ3v) is 3.87. The van der Waals surface area contributed by atoms with Crippen molar-refractivity contribution in [3.63, 3.8) is 0 Å². The van der Waals surface area contributed by atoms with Crippen molar-refractivity contribution in [3.05, 3.63) is 39.4 Å². The number of nitrogens with two attached hydrogens (primary N) is 1. The Bertz CT molecular complexity index is 493. The highest BCUT2D eigenvalue weighted by atomic mass is 32.2. The number of nitro benzene ring substituents is 1. The number of nitro groups is 1. The van der Waals surface area contributed by atoms with Crippen molar-refractivity contribution in [3.8, 4) is 0 Å². The van der Waals surface area contributed by atoms with Gasteiger partial charge < -0.3 is 10.5 Å². The molecule has 1 unspecified atom stereocenters. The fourth-order valence-corrected chi connectivity index (χ4v) is 2.68. The smallest absolute Gasteiger partial charge is 0.323 e. The quantitative estimate of drug-likeness (QED) is 0.470. The van der Waals surface area contributed by atoms with Gasteiger partial charge in [0.05, 0.1) is 11.5 Å². The third kappa shape index (κ3) is 4.50. The third-order valence-electron chi connectivity index (χ3n) is 2.76. The highest BCUT2D eigenvalue weighted by Crippen LogP contribution is 2.24. The molecular formula is C13H18N2O4S. The van der Waals surface area contributed by atoms with E-state index in [9.17, 15) is 14.9 Å². The molecule has 0 aliphatic heterocycles. The molecule has 1 aromatic rings. The molecule has 20 heavy (non-hydrogen) atoms.